The second-order valence-corrected chi connectivity index (χ2v) is 3.89. The van der Waals surface area contributed by atoms with Crippen molar-refractivity contribution in [3.8, 4) is 5.75 Å². The summed E-state index contributed by atoms with van der Waals surface area (Å²) in [5.41, 5.74) is 0.942. The molecule has 2 rings (SSSR count). The first-order valence-electron chi connectivity index (χ1n) is 5.53. The second kappa shape index (κ2) is 5.39. The van der Waals surface area contributed by atoms with Crippen LogP contribution in [0.5, 0.6) is 5.75 Å². The zero-order chi connectivity index (χ0) is 13.8. The molecule has 4 nitrogen and oxygen atoms in total. The van der Waals surface area contributed by atoms with Crippen molar-refractivity contribution in [1.29, 1.82) is 0 Å². The average molecular weight is 261 g/mol. The number of carboxylic acids is 1. The Hall–Kier alpha value is -2.56. The highest BCUT2D eigenvalue weighted by Gasteiger charge is 2.07. The van der Waals surface area contributed by atoms with E-state index in [0.29, 0.717) is 17.1 Å². The van der Waals surface area contributed by atoms with E-state index in [1.165, 1.54) is 12.1 Å². The SMILES string of the molecule is COc1cccc(Nc2cc(F)cc(C(=O)O)c2)c1. The number of anilines is 2. The fourth-order valence-electron chi connectivity index (χ4n) is 1.65. The van der Waals surface area contributed by atoms with Gasteiger partial charge in [-0.25, -0.2) is 9.18 Å². The van der Waals surface area contributed by atoms with E-state index in [1.54, 1.807) is 31.4 Å². The van der Waals surface area contributed by atoms with Gasteiger partial charge in [-0.3, -0.25) is 0 Å². The predicted octanol–water partition coefficient (Wildman–Crippen LogP) is 3.28. The Kier molecular flexibility index (Phi) is 3.66. The number of carboxylic acid groups (broad SMARTS) is 1. The molecule has 0 saturated carbocycles. The molecule has 0 aliphatic rings. The first-order valence-corrected chi connectivity index (χ1v) is 5.53. The van der Waals surface area contributed by atoms with E-state index in [4.69, 9.17) is 9.84 Å². The third-order valence-corrected chi connectivity index (χ3v) is 2.50. The standard InChI is InChI=1S/C14H12FNO3/c1-19-13-4-2-3-11(8-13)16-12-6-9(14(17)18)5-10(15)7-12/h2-8,16H,1H3,(H,17,18). The topological polar surface area (TPSA) is 58.6 Å². The normalized spacial score (nSPS) is 10.0. The van der Waals surface area contributed by atoms with Gasteiger partial charge in [0.25, 0.3) is 0 Å². The molecule has 98 valence electrons. The summed E-state index contributed by atoms with van der Waals surface area (Å²) in [4.78, 5) is 10.8. The van der Waals surface area contributed by atoms with Crippen LogP contribution in [0.4, 0.5) is 15.8 Å². The lowest BCUT2D eigenvalue weighted by Gasteiger charge is -2.09. The zero-order valence-electron chi connectivity index (χ0n) is 10.2. The lowest BCUT2D eigenvalue weighted by Crippen LogP contribution is -1.99. The molecule has 5 heteroatoms. The maximum absolute atomic E-state index is 13.3. The highest BCUT2D eigenvalue weighted by Crippen LogP contribution is 2.22. The molecule has 0 aromatic heterocycles. The van der Waals surface area contributed by atoms with Crippen molar-refractivity contribution < 1.29 is 19.0 Å². The van der Waals surface area contributed by atoms with E-state index in [1.807, 2.05) is 0 Å². The third-order valence-electron chi connectivity index (χ3n) is 2.50. The molecule has 0 radical (unpaired) electrons. The number of hydrogen-bond acceptors (Lipinski definition) is 3. The number of aromatic carboxylic acids is 1. The second-order valence-electron chi connectivity index (χ2n) is 3.89. The Balaban J connectivity index is 2.29. The summed E-state index contributed by atoms with van der Waals surface area (Å²) in [6.07, 6.45) is 0. The highest BCUT2D eigenvalue weighted by atomic mass is 19.1. The summed E-state index contributed by atoms with van der Waals surface area (Å²) in [5.74, 6) is -1.13. The van der Waals surface area contributed by atoms with E-state index >= 15 is 0 Å². The smallest absolute Gasteiger partial charge is 0.335 e. The molecular formula is C14H12FNO3. The molecular weight excluding hydrogens is 249 g/mol. The van der Waals surface area contributed by atoms with E-state index in [0.717, 1.165) is 6.07 Å². The first kappa shape index (κ1) is 12.9. The van der Waals surface area contributed by atoms with Gasteiger partial charge < -0.3 is 15.2 Å². The van der Waals surface area contributed by atoms with Crippen LogP contribution in [0.25, 0.3) is 0 Å². The molecule has 0 heterocycles. The Bertz CT molecular complexity index is 613. The summed E-state index contributed by atoms with van der Waals surface area (Å²) in [7, 11) is 1.55. The molecule has 19 heavy (non-hydrogen) atoms. The van der Waals surface area contributed by atoms with Gasteiger partial charge in [-0.2, -0.15) is 0 Å². The monoisotopic (exact) mass is 261 g/mol. The quantitative estimate of drug-likeness (QED) is 0.886. The summed E-state index contributed by atoms with van der Waals surface area (Å²) in [6.45, 7) is 0. The van der Waals surface area contributed by atoms with E-state index in [2.05, 4.69) is 5.32 Å². The van der Waals surface area contributed by atoms with E-state index in [9.17, 15) is 9.18 Å². The Morgan fingerprint density at radius 3 is 2.68 bits per heavy atom. The number of carbonyl (C=O) groups is 1. The molecule has 2 aromatic carbocycles. The van der Waals surface area contributed by atoms with Crippen LogP contribution in [0.15, 0.2) is 42.5 Å². The molecule has 2 N–H and O–H groups in total. The fraction of sp³-hybridized carbons (Fsp3) is 0.0714. The molecule has 0 amide bonds. The number of halogens is 1. The molecule has 0 saturated heterocycles. The average Bonchev–Trinajstić information content (AvgIpc) is 2.38. The van der Waals surface area contributed by atoms with Gasteiger partial charge >= 0.3 is 5.97 Å². The molecule has 0 spiro atoms. The maximum atomic E-state index is 13.3. The van der Waals surface area contributed by atoms with Gasteiger partial charge in [0.15, 0.2) is 0 Å². The minimum Gasteiger partial charge on any atom is -0.497 e. The zero-order valence-corrected chi connectivity index (χ0v) is 10.2. The number of benzene rings is 2. The van der Waals surface area contributed by atoms with Crippen LogP contribution in [0.1, 0.15) is 10.4 Å². The number of methoxy groups -OCH3 is 1. The van der Waals surface area contributed by atoms with Gasteiger partial charge in [-0.05, 0) is 30.3 Å². The Labute approximate surface area is 109 Å². The largest absolute Gasteiger partial charge is 0.497 e. The Morgan fingerprint density at radius 2 is 2.00 bits per heavy atom. The highest BCUT2D eigenvalue weighted by molar-refractivity contribution is 5.89. The third kappa shape index (κ3) is 3.22. The van der Waals surface area contributed by atoms with Crippen LogP contribution < -0.4 is 10.1 Å². The minimum absolute atomic E-state index is 0.106. The van der Waals surface area contributed by atoms with E-state index in [-0.39, 0.29) is 5.56 Å². The number of nitrogens with one attached hydrogen (secondary N) is 1. The fourth-order valence-corrected chi connectivity index (χ4v) is 1.65. The van der Waals surface area contributed by atoms with Gasteiger partial charge in [0.1, 0.15) is 11.6 Å². The van der Waals surface area contributed by atoms with Gasteiger partial charge in [-0.1, -0.05) is 6.07 Å². The van der Waals surface area contributed by atoms with Crippen molar-refractivity contribution >= 4 is 17.3 Å². The van der Waals surface area contributed by atoms with Crippen LogP contribution in [0.2, 0.25) is 0 Å². The summed E-state index contributed by atoms with van der Waals surface area (Å²) in [6, 6.07) is 10.6. The van der Waals surface area contributed by atoms with Gasteiger partial charge in [0.2, 0.25) is 0 Å². The van der Waals surface area contributed by atoms with Crippen LogP contribution >= 0.6 is 0 Å². The maximum Gasteiger partial charge on any atom is 0.335 e. The van der Waals surface area contributed by atoms with Crippen LogP contribution in [-0.4, -0.2) is 18.2 Å². The van der Waals surface area contributed by atoms with Crippen molar-refractivity contribution in [2.45, 2.75) is 0 Å². The summed E-state index contributed by atoms with van der Waals surface area (Å²) in [5, 5.41) is 11.8. The molecule has 0 fully saturated rings. The Morgan fingerprint density at radius 1 is 1.21 bits per heavy atom. The lowest BCUT2D eigenvalue weighted by molar-refractivity contribution is 0.0696. The van der Waals surface area contributed by atoms with Gasteiger partial charge in [0, 0.05) is 17.4 Å². The van der Waals surface area contributed by atoms with Gasteiger partial charge in [0.05, 0.1) is 12.7 Å². The predicted molar refractivity (Wildman–Crippen MR) is 69.6 cm³/mol. The number of ether oxygens (including phenoxy) is 1. The van der Waals surface area contributed by atoms with Crippen molar-refractivity contribution in [2.75, 3.05) is 12.4 Å². The lowest BCUT2D eigenvalue weighted by atomic mass is 10.2. The summed E-state index contributed by atoms with van der Waals surface area (Å²) < 4.78 is 18.4. The number of rotatable bonds is 4. The molecule has 2 aromatic rings. The minimum atomic E-state index is -1.17. The molecule has 0 aliphatic heterocycles. The number of hydrogen-bond donors (Lipinski definition) is 2. The van der Waals surface area contributed by atoms with Gasteiger partial charge in [-0.15, -0.1) is 0 Å². The van der Waals surface area contributed by atoms with Crippen molar-refractivity contribution in [2.24, 2.45) is 0 Å². The molecule has 0 aliphatic carbocycles. The van der Waals surface area contributed by atoms with Crippen LogP contribution in [0, 0.1) is 5.82 Å². The van der Waals surface area contributed by atoms with Crippen molar-refractivity contribution in [3.63, 3.8) is 0 Å². The molecule has 0 bridgehead atoms. The van der Waals surface area contributed by atoms with Crippen molar-refractivity contribution in [1.82, 2.24) is 0 Å². The van der Waals surface area contributed by atoms with Crippen LogP contribution in [0.3, 0.4) is 0 Å². The molecule has 0 atom stereocenters. The van der Waals surface area contributed by atoms with E-state index < -0.39 is 11.8 Å². The van der Waals surface area contributed by atoms with Crippen LogP contribution in [-0.2, 0) is 0 Å². The summed E-state index contributed by atoms with van der Waals surface area (Å²) >= 11 is 0. The van der Waals surface area contributed by atoms with Crippen molar-refractivity contribution in [3.05, 3.63) is 53.8 Å². The first-order chi connectivity index (χ1) is 9.08. The molecule has 0 unspecified atom stereocenters.